The maximum atomic E-state index is 14.3. The third kappa shape index (κ3) is 8.34. The monoisotopic (exact) mass is 629 g/mol. The molecule has 5 amide bonds. The van der Waals surface area contributed by atoms with E-state index in [4.69, 9.17) is 14.2 Å². The SMILES string of the molecule is COCOC1=C(C(=O)OC)[C@H](c2ccc(F)c(F)c2)N(C(=O)NCCCN2CCC(c3cccc(NC(C)=O)c3)CC2)C(=O)N1. The second-order valence-electron chi connectivity index (χ2n) is 10.7. The molecule has 12 nitrogen and oxygen atoms in total. The molecule has 2 aromatic carbocycles. The minimum Gasteiger partial charge on any atom is -0.465 e. The number of esters is 1. The van der Waals surface area contributed by atoms with E-state index >= 15 is 0 Å². The lowest BCUT2D eigenvalue weighted by Crippen LogP contribution is -2.55. The maximum Gasteiger partial charge on any atom is 0.341 e. The number of nitrogens with one attached hydrogen (secondary N) is 3. The molecule has 1 fully saturated rings. The summed E-state index contributed by atoms with van der Waals surface area (Å²) in [6.45, 7) is 3.73. The van der Waals surface area contributed by atoms with E-state index in [2.05, 4.69) is 26.9 Å². The molecule has 4 rings (SSSR count). The molecule has 0 aliphatic carbocycles. The summed E-state index contributed by atoms with van der Waals surface area (Å²) in [5, 5.41) is 7.87. The third-order valence-electron chi connectivity index (χ3n) is 7.61. The number of benzene rings is 2. The van der Waals surface area contributed by atoms with E-state index in [1.807, 2.05) is 18.2 Å². The molecule has 2 aliphatic rings. The van der Waals surface area contributed by atoms with Crippen LogP contribution in [-0.2, 0) is 23.8 Å². The number of likely N-dealkylation sites (tertiary alicyclic amines) is 1. The van der Waals surface area contributed by atoms with E-state index in [1.54, 1.807) is 0 Å². The topological polar surface area (TPSA) is 139 Å². The Labute approximate surface area is 259 Å². The Balaban J connectivity index is 1.39. The molecule has 0 saturated carbocycles. The molecule has 2 aliphatic heterocycles. The van der Waals surface area contributed by atoms with Gasteiger partial charge in [0.25, 0.3) is 0 Å². The number of imide groups is 1. The predicted octanol–water partition coefficient (Wildman–Crippen LogP) is 3.97. The fourth-order valence-electron chi connectivity index (χ4n) is 5.50. The van der Waals surface area contributed by atoms with Crippen molar-refractivity contribution >= 4 is 29.6 Å². The minimum atomic E-state index is -1.49. The summed E-state index contributed by atoms with van der Waals surface area (Å²) >= 11 is 0. The second-order valence-corrected chi connectivity index (χ2v) is 10.7. The molecule has 2 aromatic rings. The number of carbonyl (C=O) groups is 4. The van der Waals surface area contributed by atoms with E-state index in [0.717, 1.165) is 50.9 Å². The highest BCUT2D eigenvalue weighted by atomic mass is 19.2. The zero-order valence-corrected chi connectivity index (χ0v) is 25.4. The molecule has 0 bridgehead atoms. The Bertz CT molecular complexity index is 1450. The Morgan fingerprint density at radius 3 is 2.44 bits per heavy atom. The number of urea groups is 2. The molecule has 0 unspecified atom stereocenters. The predicted molar refractivity (Wildman–Crippen MR) is 159 cm³/mol. The summed E-state index contributed by atoms with van der Waals surface area (Å²) in [5.41, 5.74) is 1.60. The van der Waals surface area contributed by atoms with Crippen LogP contribution in [0.4, 0.5) is 24.1 Å². The van der Waals surface area contributed by atoms with Crippen molar-refractivity contribution in [3.8, 4) is 0 Å². The number of halogens is 2. The Morgan fingerprint density at radius 2 is 1.78 bits per heavy atom. The van der Waals surface area contributed by atoms with Crippen LogP contribution < -0.4 is 16.0 Å². The molecule has 3 N–H and O–H groups in total. The summed E-state index contributed by atoms with van der Waals surface area (Å²) < 4.78 is 43.2. The quantitative estimate of drug-likeness (QED) is 0.193. The highest BCUT2D eigenvalue weighted by molar-refractivity contribution is 6.01. The van der Waals surface area contributed by atoms with Crippen LogP contribution in [0, 0.1) is 11.6 Å². The first-order valence-electron chi connectivity index (χ1n) is 14.5. The average molecular weight is 630 g/mol. The van der Waals surface area contributed by atoms with E-state index in [-0.39, 0.29) is 36.3 Å². The van der Waals surface area contributed by atoms with E-state index in [0.29, 0.717) is 23.8 Å². The van der Waals surface area contributed by atoms with Crippen LogP contribution in [0.5, 0.6) is 0 Å². The number of methoxy groups -OCH3 is 2. The van der Waals surface area contributed by atoms with E-state index in [1.165, 1.54) is 25.7 Å². The minimum absolute atomic E-state index is 0.0525. The van der Waals surface area contributed by atoms with E-state index in [9.17, 15) is 28.0 Å². The molecule has 2 heterocycles. The Morgan fingerprint density at radius 1 is 1.02 bits per heavy atom. The molecule has 0 spiro atoms. The first kappa shape index (κ1) is 33.3. The first-order valence-corrected chi connectivity index (χ1v) is 14.5. The molecule has 0 aromatic heterocycles. The summed E-state index contributed by atoms with van der Waals surface area (Å²) in [7, 11) is 2.42. The average Bonchev–Trinajstić information content (AvgIpc) is 3.02. The van der Waals surface area contributed by atoms with Gasteiger partial charge in [-0.15, -0.1) is 0 Å². The van der Waals surface area contributed by atoms with Crippen molar-refractivity contribution in [3.63, 3.8) is 0 Å². The molecule has 1 saturated heterocycles. The van der Waals surface area contributed by atoms with Crippen molar-refractivity contribution < 1.29 is 42.2 Å². The van der Waals surface area contributed by atoms with Crippen LogP contribution in [0.3, 0.4) is 0 Å². The van der Waals surface area contributed by atoms with Crippen molar-refractivity contribution in [3.05, 3.63) is 76.7 Å². The highest BCUT2D eigenvalue weighted by Gasteiger charge is 2.44. The number of piperidine rings is 1. The third-order valence-corrected chi connectivity index (χ3v) is 7.61. The number of carbonyl (C=O) groups excluding carboxylic acids is 4. The number of nitrogens with zero attached hydrogens (tertiary/aromatic N) is 2. The summed E-state index contributed by atoms with van der Waals surface area (Å²) in [6, 6.07) is 7.38. The first-order chi connectivity index (χ1) is 21.6. The molecule has 0 radical (unpaired) electrons. The Kier molecular flexibility index (Phi) is 11.4. The molecule has 1 atom stereocenters. The lowest BCUT2D eigenvalue weighted by atomic mass is 9.89. The number of hydrogen-bond donors (Lipinski definition) is 3. The lowest BCUT2D eigenvalue weighted by molar-refractivity contribution is -0.137. The summed E-state index contributed by atoms with van der Waals surface area (Å²) in [4.78, 5) is 53.8. The van der Waals surface area contributed by atoms with Crippen LogP contribution in [0.1, 0.15) is 49.3 Å². The normalized spacial score (nSPS) is 17.5. The zero-order chi connectivity index (χ0) is 32.5. The fourth-order valence-corrected chi connectivity index (χ4v) is 5.50. The van der Waals surface area contributed by atoms with Gasteiger partial charge in [-0.25, -0.2) is 28.1 Å². The number of amides is 5. The van der Waals surface area contributed by atoms with Crippen LogP contribution >= 0.6 is 0 Å². The van der Waals surface area contributed by atoms with Gasteiger partial charge in [0.15, 0.2) is 18.4 Å². The van der Waals surface area contributed by atoms with Gasteiger partial charge >= 0.3 is 18.0 Å². The van der Waals surface area contributed by atoms with Gasteiger partial charge in [0.1, 0.15) is 11.6 Å². The molecule has 45 heavy (non-hydrogen) atoms. The van der Waals surface area contributed by atoms with Gasteiger partial charge in [-0.2, -0.15) is 0 Å². The van der Waals surface area contributed by atoms with Crippen molar-refractivity contribution in [2.24, 2.45) is 0 Å². The van der Waals surface area contributed by atoms with Gasteiger partial charge in [0.2, 0.25) is 11.8 Å². The fraction of sp³-hybridized carbons (Fsp3) is 0.419. The molecule has 14 heteroatoms. The van der Waals surface area contributed by atoms with Crippen LogP contribution in [-0.4, -0.2) is 80.9 Å². The number of ether oxygens (including phenoxy) is 3. The summed E-state index contributed by atoms with van der Waals surface area (Å²) in [6.07, 6.45) is 2.45. The standard InChI is InChI=1S/C31H37F2N5O7/c1-19(39)35-23-7-4-6-21(16-23)20-10-14-37(15-11-20)13-5-12-34-30(41)38-27(22-8-9-24(32)25(33)17-22)26(29(40)44-3)28(36-31(38)42)45-18-43-2/h4,6-9,16-17,20,27H,5,10-15,18H2,1-3H3,(H,34,41)(H,35,39)(H,36,42)/t27-/m0/s1. The largest absolute Gasteiger partial charge is 0.465 e. The van der Waals surface area contributed by atoms with Crippen molar-refractivity contribution in [1.29, 1.82) is 0 Å². The number of rotatable bonds is 11. The van der Waals surface area contributed by atoms with Crippen LogP contribution in [0.2, 0.25) is 0 Å². The van der Waals surface area contributed by atoms with E-state index < -0.39 is 35.7 Å². The molecular formula is C31H37F2N5O7. The van der Waals surface area contributed by atoms with Gasteiger partial charge in [0, 0.05) is 26.3 Å². The van der Waals surface area contributed by atoms with Crippen LogP contribution in [0.15, 0.2) is 53.9 Å². The zero-order valence-electron chi connectivity index (χ0n) is 25.4. The smallest absolute Gasteiger partial charge is 0.341 e. The van der Waals surface area contributed by atoms with Crippen molar-refractivity contribution in [1.82, 2.24) is 20.4 Å². The van der Waals surface area contributed by atoms with Crippen molar-refractivity contribution in [2.45, 2.75) is 38.1 Å². The van der Waals surface area contributed by atoms with Gasteiger partial charge in [0.05, 0.1) is 7.11 Å². The Hall–Kier alpha value is -4.56. The van der Waals surface area contributed by atoms with Gasteiger partial charge in [-0.05, 0) is 80.2 Å². The van der Waals surface area contributed by atoms with Crippen molar-refractivity contribution in [2.75, 3.05) is 52.5 Å². The number of anilines is 1. The highest BCUT2D eigenvalue weighted by Crippen LogP contribution is 2.35. The maximum absolute atomic E-state index is 14.3. The lowest BCUT2D eigenvalue weighted by Gasteiger charge is -2.36. The van der Waals surface area contributed by atoms with Gasteiger partial charge in [-0.3, -0.25) is 10.1 Å². The van der Waals surface area contributed by atoms with Crippen LogP contribution in [0.25, 0.3) is 0 Å². The molecular weight excluding hydrogens is 592 g/mol. The number of hydrogen-bond acceptors (Lipinski definition) is 8. The summed E-state index contributed by atoms with van der Waals surface area (Å²) in [5.74, 6) is -3.41. The second kappa shape index (κ2) is 15.4. The van der Waals surface area contributed by atoms with Gasteiger partial charge < -0.3 is 29.7 Å². The molecule has 242 valence electrons. The van der Waals surface area contributed by atoms with Gasteiger partial charge in [-0.1, -0.05) is 18.2 Å².